The lowest BCUT2D eigenvalue weighted by atomic mass is 10.0. The van der Waals surface area contributed by atoms with E-state index in [1.54, 1.807) is 12.1 Å². The molecule has 10 heteroatoms. The molecule has 2 aromatic carbocycles. The highest BCUT2D eigenvalue weighted by atomic mass is 19.3. The zero-order valence-electron chi connectivity index (χ0n) is 20.7. The van der Waals surface area contributed by atoms with E-state index >= 15 is 0 Å². The fourth-order valence-electron chi connectivity index (χ4n) is 4.68. The van der Waals surface area contributed by atoms with Gasteiger partial charge in [0, 0.05) is 25.1 Å². The number of likely N-dealkylation sites (tertiary alicyclic amines) is 1. The van der Waals surface area contributed by atoms with Crippen LogP contribution in [0.1, 0.15) is 27.9 Å². The van der Waals surface area contributed by atoms with Gasteiger partial charge in [-0.05, 0) is 41.5 Å². The van der Waals surface area contributed by atoms with E-state index in [1.165, 1.54) is 12.3 Å². The van der Waals surface area contributed by atoms with Gasteiger partial charge < -0.3 is 19.9 Å². The molecule has 1 fully saturated rings. The standard InChI is InChI=1S/C28H25F2N5O3/c1-34-10-11-38-25-13-19(5-7-24(25)34)3-2-18-4-6-23-22(12-18)21(8-9-32-23)27(37)33-16-26(36)35-17-28(29,30)14-20(35)15-31/h2-9,12-13,20H,10-11,14,16-17H2,1H3,(H,33,37)/b3-2+/t20-/m0/s1. The molecule has 1 saturated heterocycles. The van der Waals surface area contributed by atoms with E-state index in [2.05, 4.69) is 15.2 Å². The van der Waals surface area contributed by atoms with Crippen LogP contribution in [-0.2, 0) is 4.79 Å². The lowest BCUT2D eigenvalue weighted by Gasteiger charge is -2.27. The summed E-state index contributed by atoms with van der Waals surface area (Å²) in [6.07, 6.45) is 4.66. The molecule has 38 heavy (non-hydrogen) atoms. The normalized spacial score (nSPS) is 18.2. The van der Waals surface area contributed by atoms with Gasteiger partial charge >= 0.3 is 0 Å². The Hall–Kier alpha value is -4.52. The highest BCUT2D eigenvalue weighted by Gasteiger charge is 2.47. The van der Waals surface area contributed by atoms with Crippen LogP contribution in [0.15, 0.2) is 48.7 Å². The van der Waals surface area contributed by atoms with Crippen molar-refractivity contribution in [2.45, 2.75) is 18.4 Å². The van der Waals surface area contributed by atoms with Crippen molar-refractivity contribution >= 4 is 40.6 Å². The summed E-state index contributed by atoms with van der Waals surface area (Å²) in [6.45, 7) is 0.146. The summed E-state index contributed by atoms with van der Waals surface area (Å²) in [4.78, 5) is 32.7. The summed E-state index contributed by atoms with van der Waals surface area (Å²) in [5, 5.41) is 12.2. The first-order valence-corrected chi connectivity index (χ1v) is 12.1. The maximum atomic E-state index is 13.7. The van der Waals surface area contributed by atoms with E-state index in [0.29, 0.717) is 23.1 Å². The van der Waals surface area contributed by atoms with Crippen LogP contribution in [0.5, 0.6) is 5.75 Å². The topological polar surface area (TPSA) is 98.6 Å². The van der Waals surface area contributed by atoms with Crippen LogP contribution in [0, 0.1) is 11.3 Å². The second kappa shape index (κ2) is 10.1. The van der Waals surface area contributed by atoms with Gasteiger partial charge in [0.15, 0.2) is 0 Å². The van der Waals surface area contributed by atoms with Crippen LogP contribution in [0.4, 0.5) is 14.5 Å². The van der Waals surface area contributed by atoms with Crippen LogP contribution < -0.4 is 15.0 Å². The summed E-state index contributed by atoms with van der Waals surface area (Å²) in [6, 6.07) is 13.6. The number of nitriles is 1. The minimum Gasteiger partial charge on any atom is -0.490 e. The molecule has 3 heterocycles. The quantitative estimate of drug-likeness (QED) is 0.518. The van der Waals surface area contributed by atoms with Crippen LogP contribution in [0.2, 0.25) is 0 Å². The van der Waals surface area contributed by atoms with Crippen molar-refractivity contribution in [3.63, 3.8) is 0 Å². The van der Waals surface area contributed by atoms with E-state index in [1.807, 2.05) is 49.5 Å². The third kappa shape index (κ3) is 5.13. The van der Waals surface area contributed by atoms with Gasteiger partial charge in [0.25, 0.3) is 11.8 Å². The fraction of sp³-hybridized carbons (Fsp3) is 0.286. The van der Waals surface area contributed by atoms with Crippen LogP contribution in [0.25, 0.3) is 23.1 Å². The Morgan fingerprint density at radius 2 is 1.97 bits per heavy atom. The number of halogens is 2. The van der Waals surface area contributed by atoms with Gasteiger partial charge in [0.1, 0.15) is 18.4 Å². The Morgan fingerprint density at radius 1 is 1.21 bits per heavy atom. The Labute approximate surface area is 218 Å². The van der Waals surface area contributed by atoms with Crippen molar-refractivity contribution in [1.29, 1.82) is 5.26 Å². The van der Waals surface area contributed by atoms with Crippen molar-refractivity contribution in [3.8, 4) is 11.8 Å². The number of amides is 2. The number of ether oxygens (including phenoxy) is 1. The molecule has 0 radical (unpaired) electrons. The number of fused-ring (bicyclic) bond motifs is 2. The molecular weight excluding hydrogens is 492 g/mol. The Kier molecular flexibility index (Phi) is 6.68. The summed E-state index contributed by atoms with van der Waals surface area (Å²) in [7, 11) is 2.03. The molecule has 0 unspecified atom stereocenters. The van der Waals surface area contributed by atoms with Crippen molar-refractivity contribution in [2.75, 3.05) is 38.2 Å². The fourth-order valence-corrected chi connectivity index (χ4v) is 4.68. The predicted molar refractivity (Wildman–Crippen MR) is 139 cm³/mol. The molecule has 2 aliphatic heterocycles. The highest BCUT2D eigenvalue weighted by Crippen LogP contribution is 2.33. The number of pyridine rings is 1. The number of likely N-dealkylation sites (N-methyl/N-ethyl adjacent to an activating group) is 1. The van der Waals surface area contributed by atoms with Gasteiger partial charge in [-0.2, -0.15) is 5.26 Å². The second-order valence-corrected chi connectivity index (χ2v) is 9.37. The Bertz CT molecular complexity index is 1480. The number of alkyl halides is 2. The molecule has 1 aromatic heterocycles. The summed E-state index contributed by atoms with van der Waals surface area (Å²) in [5.41, 5.74) is 3.73. The maximum absolute atomic E-state index is 13.7. The molecule has 8 nitrogen and oxygen atoms in total. The SMILES string of the molecule is CN1CCOc2cc(/C=C/c3ccc4nccc(C(=O)NCC(=O)N5CC(F)(F)C[C@H]5C#N)c4c3)ccc21. The predicted octanol–water partition coefficient (Wildman–Crippen LogP) is 3.72. The van der Waals surface area contributed by atoms with E-state index in [9.17, 15) is 18.4 Å². The van der Waals surface area contributed by atoms with Gasteiger partial charge in [-0.3, -0.25) is 14.6 Å². The van der Waals surface area contributed by atoms with Crippen LogP contribution in [-0.4, -0.2) is 67.0 Å². The van der Waals surface area contributed by atoms with E-state index < -0.39 is 43.3 Å². The van der Waals surface area contributed by atoms with Gasteiger partial charge in [-0.1, -0.05) is 24.3 Å². The molecule has 194 valence electrons. The third-order valence-corrected chi connectivity index (χ3v) is 6.70. The van der Waals surface area contributed by atoms with Crippen molar-refractivity contribution < 1.29 is 23.1 Å². The monoisotopic (exact) mass is 517 g/mol. The summed E-state index contributed by atoms with van der Waals surface area (Å²) < 4.78 is 33.1. The Balaban J connectivity index is 1.32. The number of hydrogen-bond donors (Lipinski definition) is 1. The minimum absolute atomic E-state index is 0.298. The smallest absolute Gasteiger partial charge is 0.268 e. The van der Waals surface area contributed by atoms with Gasteiger partial charge in [-0.15, -0.1) is 0 Å². The number of aromatic nitrogens is 1. The lowest BCUT2D eigenvalue weighted by Crippen LogP contribution is -2.43. The first-order valence-electron chi connectivity index (χ1n) is 12.1. The number of carbonyl (C=O) groups is 2. The number of nitrogens with zero attached hydrogens (tertiary/aromatic N) is 4. The third-order valence-electron chi connectivity index (χ3n) is 6.70. The average Bonchev–Trinajstić information content (AvgIpc) is 3.24. The highest BCUT2D eigenvalue weighted by molar-refractivity contribution is 6.07. The molecule has 0 saturated carbocycles. The van der Waals surface area contributed by atoms with Gasteiger partial charge in [-0.25, -0.2) is 8.78 Å². The molecular formula is C28H25F2N5O3. The van der Waals surface area contributed by atoms with Crippen molar-refractivity contribution in [3.05, 3.63) is 65.4 Å². The van der Waals surface area contributed by atoms with Crippen molar-refractivity contribution in [2.24, 2.45) is 0 Å². The first-order chi connectivity index (χ1) is 18.2. The number of carbonyl (C=O) groups excluding carboxylic acids is 2. The summed E-state index contributed by atoms with van der Waals surface area (Å²) >= 11 is 0. The number of hydrogen-bond acceptors (Lipinski definition) is 6. The number of benzene rings is 2. The van der Waals surface area contributed by atoms with Gasteiger partial charge in [0.2, 0.25) is 5.91 Å². The Morgan fingerprint density at radius 3 is 2.76 bits per heavy atom. The van der Waals surface area contributed by atoms with Gasteiger partial charge in [0.05, 0.1) is 42.5 Å². The largest absolute Gasteiger partial charge is 0.490 e. The number of anilines is 1. The molecule has 2 amide bonds. The molecule has 3 aromatic rings. The molecule has 5 rings (SSSR count). The maximum Gasteiger partial charge on any atom is 0.268 e. The van der Waals surface area contributed by atoms with Crippen LogP contribution >= 0.6 is 0 Å². The average molecular weight is 518 g/mol. The molecule has 0 spiro atoms. The zero-order chi connectivity index (χ0) is 26.9. The summed E-state index contributed by atoms with van der Waals surface area (Å²) in [5.74, 6) is -3.56. The molecule has 1 N–H and O–H groups in total. The zero-order valence-corrected chi connectivity index (χ0v) is 20.7. The van der Waals surface area contributed by atoms with Crippen LogP contribution in [0.3, 0.4) is 0 Å². The first kappa shape index (κ1) is 25.1. The number of rotatable bonds is 5. The number of nitrogens with one attached hydrogen (secondary N) is 1. The minimum atomic E-state index is -3.12. The molecule has 0 bridgehead atoms. The van der Waals surface area contributed by atoms with E-state index in [4.69, 9.17) is 10.00 Å². The molecule has 2 aliphatic rings. The second-order valence-electron chi connectivity index (χ2n) is 9.37. The lowest BCUT2D eigenvalue weighted by molar-refractivity contribution is -0.131. The molecule has 0 aliphatic carbocycles. The van der Waals surface area contributed by atoms with E-state index in [-0.39, 0.29) is 0 Å². The van der Waals surface area contributed by atoms with Crippen molar-refractivity contribution in [1.82, 2.24) is 15.2 Å². The molecule has 1 atom stereocenters. The van der Waals surface area contributed by atoms with E-state index in [0.717, 1.165) is 34.0 Å².